The Morgan fingerprint density at radius 2 is 1.73 bits per heavy atom. The van der Waals surface area contributed by atoms with Gasteiger partial charge in [-0.15, -0.1) is 0 Å². The molecule has 0 aliphatic rings. The lowest BCUT2D eigenvalue weighted by atomic mass is 10.1. The summed E-state index contributed by atoms with van der Waals surface area (Å²) in [5, 5.41) is 4.25. The third kappa shape index (κ3) is 3.84. The van der Waals surface area contributed by atoms with Gasteiger partial charge in [0.15, 0.2) is 0 Å². The molecule has 2 aromatic carbocycles. The molecule has 1 N–H and O–H groups in total. The van der Waals surface area contributed by atoms with Crippen LogP contribution in [-0.2, 0) is 6.54 Å². The van der Waals surface area contributed by atoms with Crippen molar-refractivity contribution in [3.05, 3.63) is 104 Å². The van der Waals surface area contributed by atoms with E-state index in [1.807, 2.05) is 50.2 Å². The van der Waals surface area contributed by atoms with Crippen LogP contribution < -0.4 is 10.9 Å². The van der Waals surface area contributed by atoms with Crippen LogP contribution in [-0.4, -0.2) is 15.5 Å². The highest BCUT2D eigenvalue weighted by atomic mass is 35.5. The lowest BCUT2D eigenvalue weighted by molar-refractivity contribution is 0.102. The lowest BCUT2D eigenvalue weighted by Crippen LogP contribution is -2.30. The number of nitrogens with zero attached hydrogens (tertiary/aromatic N) is 2. The van der Waals surface area contributed by atoms with E-state index in [0.717, 1.165) is 27.8 Å². The standard InChI is InChI=1S/C24H20ClN3O2/c1-15-5-3-6-16(2)21(15)27-23(29)20-13-18-7-4-12-26-22(18)28(24(20)30)14-17-8-10-19(25)11-9-17/h3-13H,14H2,1-2H3,(H,27,29). The van der Waals surface area contributed by atoms with Gasteiger partial charge in [0.25, 0.3) is 11.5 Å². The molecule has 0 spiro atoms. The number of halogens is 1. The highest BCUT2D eigenvalue weighted by molar-refractivity contribution is 6.30. The van der Waals surface area contributed by atoms with Crippen LogP contribution in [0.1, 0.15) is 27.0 Å². The largest absolute Gasteiger partial charge is 0.321 e. The fourth-order valence-electron chi connectivity index (χ4n) is 3.48. The number of pyridine rings is 2. The van der Waals surface area contributed by atoms with Crippen molar-refractivity contribution in [3.8, 4) is 0 Å². The molecule has 0 radical (unpaired) electrons. The first-order valence-electron chi connectivity index (χ1n) is 9.54. The van der Waals surface area contributed by atoms with E-state index in [4.69, 9.17) is 11.6 Å². The van der Waals surface area contributed by atoms with Crippen LogP contribution >= 0.6 is 11.6 Å². The van der Waals surface area contributed by atoms with Gasteiger partial charge >= 0.3 is 0 Å². The van der Waals surface area contributed by atoms with Gasteiger partial charge in [0, 0.05) is 22.3 Å². The molecule has 2 aromatic heterocycles. The number of amides is 1. The van der Waals surface area contributed by atoms with Crippen molar-refractivity contribution >= 4 is 34.2 Å². The molecule has 2 heterocycles. The minimum atomic E-state index is -0.437. The smallest absolute Gasteiger partial charge is 0.265 e. The molecule has 0 aliphatic heterocycles. The highest BCUT2D eigenvalue weighted by Crippen LogP contribution is 2.21. The van der Waals surface area contributed by atoms with E-state index < -0.39 is 5.91 Å². The topological polar surface area (TPSA) is 64.0 Å². The highest BCUT2D eigenvalue weighted by Gasteiger charge is 2.18. The first-order valence-corrected chi connectivity index (χ1v) is 9.92. The number of para-hydroxylation sites is 1. The van der Waals surface area contributed by atoms with Crippen LogP contribution in [0.4, 0.5) is 5.69 Å². The second-order valence-corrected chi connectivity index (χ2v) is 7.65. The van der Waals surface area contributed by atoms with E-state index in [1.54, 1.807) is 30.5 Å². The van der Waals surface area contributed by atoms with Crippen molar-refractivity contribution in [3.63, 3.8) is 0 Å². The molecule has 0 fully saturated rings. The average Bonchev–Trinajstić information content (AvgIpc) is 2.74. The zero-order valence-corrected chi connectivity index (χ0v) is 17.4. The summed E-state index contributed by atoms with van der Waals surface area (Å²) in [5.74, 6) is -0.437. The summed E-state index contributed by atoms with van der Waals surface area (Å²) in [6.45, 7) is 4.13. The molecule has 0 saturated heterocycles. The number of aryl methyl sites for hydroxylation is 2. The number of nitrogens with one attached hydrogen (secondary N) is 1. The van der Waals surface area contributed by atoms with E-state index >= 15 is 0 Å². The Morgan fingerprint density at radius 3 is 2.43 bits per heavy atom. The minimum Gasteiger partial charge on any atom is -0.321 e. The number of hydrogen-bond acceptors (Lipinski definition) is 3. The number of benzene rings is 2. The Balaban J connectivity index is 1.81. The summed E-state index contributed by atoms with van der Waals surface area (Å²) in [6, 6.07) is 18.3. The molecule has 0 aliphatic carbocycles. The second-order valence-electron chi connectivity index (χ2n) is 7.21. The summed E-state index contributed by atoms with van der Waals surface area (Å²) in [6.07, 6.45) is 1.64. The van der Waals surface area contributed by atoms with Crippen LogP contribution in [0.15, 0.2) is 71.7 Å². The quantitative estimate of drug-likeness (QED) is 0.510. The fraction of sp³-hybridized carbons (Fsp3) is 0.125. The molecule has 0 bridgehead atoms. The van der Waals surface area contributed by atoms with Gasteiger partial charge in [0.1, 0.15) is 11.2 Å². The van der Waals surface area contributed by atoms with E-state index in [-0.39, 0.29) is 17.7 Å². The van der Waals surface area contributed by atoms with E-state index in [9.17, 15) is 9.59 Å². The molecular formula is C24H20ClN3O2. The third-order valence-electron chi connectivity index (χ3n) is 5.07. The molecule has 4 rings (SSSR count). The van der Waals surface area contributed by atoms with Crippen LogP contribution in [0.2, 0.25) is 5.02 Å². The number of fused-ring (bicyclic) bond motifs is 1. The molecule has 0 atom stereocenters. The van der Waals surface area contributed by atoms with Crippen molar-refractivity contribution < 1.29 is 4.79 Å². The molecular weight excluding hydrogens is 398 g/mol. The van der Waals surface area contributed by atoms with Gasteiger partial charge in [-0.05, 0) is 60.9 Å². The SMILES string of the molecule is Cc1cccc(C)c1NC(=O)c1cc2cccnc2n(Cc2ccc(Cl)cc2)c1=O. The number of carbonyl (C=O) groups excluding carboxylic acids is 1. The zero-order chi connectivity index (χ0) is 21.3. The number of hydrogen-bond donors (Lipinski definition) is 1. The lowest BCUT2D eigenvalue weighted by Gasteiger charge is -2.14. The normalized spacial score (nSPS) is 10.9. The summed E-state index contributed by atoms with van der Waals surface area (Å²) >= 11 is 5.98. The minimum absolute atomic E-state index is 0.0760. The van der Waals surface area contributed by atoms with Gasteiger partial charge in [0.05, 0.1) is 6.54 Å². The van der Waals surface area contributed by atoms with Crippen LogP contribution in [0.5, 0.6) is 0 Å². The van der Waals surface area contributed by atoms with Gasteiger partial charge in [-0.25, -0.2) is 4.98 Å². The summed E-state index contributed by atoms with van der Waals surface area (Å²) in [4.78, 5) is 30.7. The van der Waals surface area contributed by atoms with Crippen molar-refractivity contribution in [1.29, 1.82) is 0 Å². The number of aromatic nitrogens is 2. The Morgan fingerprint density at radius 1 is 1.03 bits per heavy atom. The van der Waals surface area contributed by atoms with Crippen LogP contribution in [0, 0.1) is 13.8 Å². The van der Waals surface area contributed by atoms with Crippen molar-refractivity contribution in [2.45, 2.75) is 20.4 Å². The maximum atomic E-state index is 13.3. The Kier molecular flexibility index (Phi) is 5.38. The van der Waals surface area contributed by atoms with Crippen LogP contribution in [0.25, 0.3) is 11.0 Å². The van der Waals surface area contributed by atoms with Gasteiger partial charge in [0.2, 0.25) is 0 Å². The summed E-state index contributed by atoms with van der Waals surface area (Å²) < 4.78 is 1.53. The van der Waals surface area contributed by atoms with Crippen molar-refractivity contribution in [2.24, 2.45) is 0 Å². The van der Waals surface area contributed by atoms with Gasteiger partial charge in [-0.2, -0.15) is 0 Å². The predicted octanol–water partition coefficient (Wildman–Crippen LogP) is 4.97. The van der Waals surface area contributed by atoms with Crippen molar-refractivity contribution in [2.75, 3.05) is 5.32 Å². The summed E-state index contributed by atoms with van der Waals surface area (Å²) in [5.41, 5.74) is 3.70. The Bertz CT molecular complexity index is 1290. The first kappa shape index (κ1) is 19.9. The zero-order valence-electron chi connectivity index (χ0n) is 16.6. The predicted molar refractivity (Wildman–Crippen MR) is 120 cm³/mol. The van der Waals surface area contributed by atoms with E-state index in [1.165, 1.54) is 4.57 Å². The van der Waals surface area contributed by atoms with E-state index in [2.05, 4.69) is 10.3 Å². The number of carbonyl (C=O) groups is 1. The molecule has 1 amide bonds. The first-order chi connectivity index (χ1) is 14.4. The average molecular weight is 418 g/mol. The molecule has 6 heteroatoms. The van der Waals surface area contributed by atoms with Gasteiger partial charge < -0.3 is 5.32 Å². The van der Waals surface area contributed by atoms with Gasteiger partial charge in [-0.3, -0.25) is 14.2 Å². The molecule has 0 saturated carbocycles. The molecule has 0 unspecified atom stereocenters. The number of anilines is 1. The van der Waals surface area contributed by atoms with Crippen molar-refractivity contribution in [1.82, 2.24) is 9.55 Å². The Hall–Kier alpha value is -3.44. The fourth-order valence-corrected chi connectivity index (χ4v) is 3.61. The molecule has 30 heavy (non-hydrogen) atoms. The Labute approximate surface area is 179 Å². The maximum absolute atomic E-state index is 13.3. The molecule has 4 aromatic rings. The third-order valence-corrected chi connectivity index (χ3v) is 5.32. The molecule has 150 valence electrons. The van der Waals surface area contributed by atoms with Crippen LogP contribution in [0.3, 0.4) is 0 Å². The maximum Gasteiger partial charge on any atom is 0.265 e. The second kappa shape index (κ2) is 8.13. The van der Waals surface area contributed by atoms with Gasteiger partial charge in [-0.1, -0.05) is 41.9 Å². The molecule has 5 nitrogen and oxygen atoms in total. The number of rotatable bonds is 4. The summed E-state index contributed by atoms with van der Waals surface area (Å²) in [7, 11) is 0. The monoisotopic (exact) mass is 417 g/mol. The van der Waals surface area contributed by atoms with E-state index in [0.29, 0.717) is 10.7 Å².